The zero-order valence-electron chi connectivity index (χ0n) is 9.79. The molecule has 0 aliphatic rings. The predicted molar refractivity (Wildman–Crippen MR) is 60.2 cm³/mol. The Morgan fingerprint density at radius 2 is 1.80 bits per heavy atom. The van der Waals surface area contributed by atoms with Crippen molar-refractivity contribution < 1.29 is 9.59 Å². The lowest BCUT2D eigenvalue weighted by Gasteiger charge is -2.16. The number of amides is 2. The van der Waals surface area contributed by atoms with Gasteiger partial charge in [0.05, 0.1) is 0 Å². The van der Waals surface area contributed by atoms with Crippen LogP contribution in [0.25, 0.3) is 0 Å². The van der Waals surface area contributed by atoms with Gasteiger partial charge in [-0.2, -0.15) is 0 Å². The molecule has 0 aromatic heterocycles. The summed E-state index contributed by atoms with van der Waals surface area (Å²) in [4.78, 5) is 23.7. The molecule has 0 fully saturated rings. The largest absolute Gasteiger partial charge is 0.370 e. The van der Waals surface area contributed by atoms with E-state index in [4.69, 9.17) is 5.73 Å². The van der Waals surface area contributed by atoms with Gasteiger partial charge in [-0.05, 0) is 19.3 Å². The van der Waals surface area contributed by atoms with E-state index in [-0.39, 0.29) is 11.8 Å². The van der Waals surface area contributed by atoms with Crippen LogP contribution in [0, 0.1) is 0 Å². The van der Waals surface area contributed by atoms with Crippen molar-refractivity contribution in [3.63, 3.8) is 0 Å². The average Bonchev–Trinajstić information content (AvgIpc) is 2.20. The van der Waals surface area contributed by atoms with Crippen LogP contribution in [0.2, 0.25) is 0 Å². The normalized spacial score (nSPS) is 10.0. The van der Waals surface area contributed by atoms with Crippen molar-refractivity contribution in [3.05, 3.63) is 0 Å². The number of hydrogen-bond donors (Lipinski definition) is 1. The summed E-state index contributed by atoms with van der Waals surface area (Å²) in [6.45, 7) is 2.79. The number of unbranched alkanes of at least 4 members (excludes halogenated alkanes) is 2. The van der Waals surface area contributed by atoms with Gasteiger partial charge in [0.2, 0.25) is 11.8 Å². The van der Waals surface area contributed by atoms with Crippen molar-refractivity contribution >= 4 is 11.8 Å². The molecule has 0 aromatic rings. The molecular weight excluding hydrogens is 192 g/mol. The van der Waals surface area contributed by atoms with Gasteiger partial charge >= 0.3 is 0 Å². The molecule has 0 spiro atoms. The second-order valence-corrected chi connectivity index (χ2v) is 3.84. The molecule has 0 aromatic carbocycles. The quantitative estimate of drug-likeness (QED) is 0.619. The van der Waals surface area contributed by atoms with Crippen LogP contribution >= 0.6 is 0 Å². The molecule has 4 heteroatoms. The van der Waals surface area contributed by atoms with Gasteiger partial charge in [-0.15, -0.1) is 0 Å². The van der Waals surface area contributed by atoms with Crippen LogP contribution in [-0.4, -0.2) is 30.3 Å². The third-order valence-electron chi connectivity index (χ3n) is 2.34. The van der Waals surface area contributed by atoms with Crippen molar-refractivity contribution in [2.75, 3.05) is 13.6 Å². The molecule has 0 bridgehead atoms. The zero-order chi connectivity index (χ0) is 11.7. The smallest absolute Gasteiger partial charge is 0.222 e. The summed E-state index contributed by atoms with van der Waals surface area (Å²) in [7, 11) is 1.81. The Labute approximate surface area is 91.8 Å². The summed E-state index contributed by atoms with van der Waals surface area (Å²) in [5, 5.41) is 0. The van der Waals surface area contributed by atoms with Gasteiger partial charge in [0, 0.05) is 26.4 Å². The highest BCUT2D eigenvalue weighted by molar-refractivity contribution is 5.75. The lowest BCUT2D eigenvalue weighted by atomic mass is 10.2. The molecule has 0 atom stereocenters. The number of rotatable bonds is 8. The first-order valence-electron chi connectivity index (χ1n) is 5.60. The molecule has 0 rings (SSSR count). The van der Waals surface area contributed by atoms with E-state index >= 15 is 0 Å². The van der Waals surface area contributed by atoms with Gasteiger partial charge in [-0.25, -0.2) is 0 Å². The third-order valence-corrected chi connectivity index (χ3v) is 2.34. The highest BCUT2D eigenvalue weighted by Gasteiger charge is 2.07. The lowest BCUT2D eigenvalue weighted by molar-refractivity contribution is -0.130. The summed E-state index contributed by atoms with van der Waals surface area (Å²) in [6, 6.07) is 0. The summed E-state index contributed by atoms with van der Waals surface area (Å²) in [5.41, 5.74) is 5.02. The first kappa shape index (κ1) is 13.9. The molecule has 0 saturated heterocycles. The van der Waals surface area contributed by atoms with E-state index in [0.29, 0.717) is 12.8 Å². The minimum Gasteiger partial charge on any atom is -0.370 e. The lowest BCUT2D eigenvalue weighted by Crippen LogP contribution is -2.27. The Hall–Kier alpha value is -1.06. The Balaban J connectivity index is 3.50. The molecule has 88 valence electrons. The molecule has 0 aliphatic carbocycles. The molecule has 0 heterocycles. The van der Waals surface area contributed by atoms with Crippen LogP contribution < -0.4 is 5.73 Å². The second kappa shape index (κ2) is 8.26. The fourth-order valence-electron chi connectivity index (χ4n) is 1.29. The maximum absolute atomic E-state index is 11.5. The van der Waals surface area contributed by atoms with Gasteiger partial charge in [-0.1, -0.05) is 13.3 Å². The van der Waals surface area contributed by atoms with Crippen molar-refractivity contribution in [1.82, 2.24) is 4.90 Å². The molecule has 0 aliphatic heterocycles. The second-order valence-electron chi connectivity index (χ2n) is 3.84. The number of nitrogens with zero attached hydrogens (tertiary/aromatic N) is 1. The first-order valence-corrected chi connectivity index (χ1v) is 5.60. The highest BCUT2D eigenvalue weighted by atomic mass is 16.2. The molecule has 2 amide bonds. The number of hydrogen-bond acceptors (Lipinski definition) is 2. The number of nitrogens with two attached hydrogens (primary N) is 1. The molecule has 15 heavy (non-hydrogen) atoms. The van der Waals surface area contributed by atoms with Crippen LogP contribution in [0.4, 0.5) is 0 Å². The van der Waals surface area contributed by atoms with Crippen LogP contribution in [0.15, 0.2) is 0 Å². The van der Waals surface area contributed by atoms with E-state index in [9.17, 15) is 9.59 Å². The average molecular weight is 214 g/mol. The zero-order valence-corrected chi connectivity index (χ0v) is 9.79. The molecule has 0 radical (unpaired) electrons. The standard InChI is InChI=1S/C11H22N2O2/c1-3-4-8-11(15)13(2)9-6-5-7-10(12)14/h3-9H2,1-2H3,(H2,12,14). The van der Waals surface area contributed by atoms with E-state index in [1.165, 1.54) is 0 Å². The van der Waals surface area contributed by atoms with Gasteiger partial charge < -0.3 is 10.6 Å². The van der Waals surface area contributed by atoms with Gasteiger partial charge in [0.15, 0.2) is 0 Å². The molecule has 0 unspecified atom stereocenters. The van der Waals surface area contributed by atoms with E-state index in [1.807, 2.05) is 7.05 Å². The monoisotopic (exact) mass is 214 g/mol. The van der Waals surface area contributed by atoms with E-state index in [0.717, 1.165) is 32.2 Å². The van der Waals surface area contributed by atoms with Gasteiger partial charge in [0.1, 0.15) is 0 Å². The van der Waals surface area contributed by atoms with Crippen LogP contribution in [0.1, 0.15) is 45.4 Å². The van der Waals surface area contributed by atoms with Crippen LogP contribution in [0.5, 0.6) is 0 Å². The van der Waals surface area contributed by atoms with Gasteiger partial charge in [0.25, 0.3) is 0 Å². The third kappa shape index (κ3) is 7.97. The summed E-state index contributed by atoms with van der Waals surface area (Å²) in [5.74, 6) is -0.0779. The topological polar surface area (TPSA) is 63.4 Å². The highest BCUT2D eigenvalue weighted by Crippen LogP contribution is 2.01. The molecule has 4 nitrogen and oxygen atoms in total. The molecule has 2 N–H and O–H groups in total. The fourth-order valence-corrected chi connectivity index (χ4v) is 1.29. The number of carbonyl (C=O) groups is 2. The van der Waals surface area contributed by atoms with E-state index in [1.54, 1.807) is 4.90 Å². The van der Waals surface area contributed by atoms with Crippen LogP contribution in [-0.2, 0) is 9.59 Å². The number of carbonyl (C=O) groups excluding carboxylic acids is 2. The SMILES string of the molecule is CCCCC(=O)N(C)CCCCC(N)=O. The van der Waals surface area contributed by atoms with E-state index in [2.05, 4.69) is 6.92 Å². The van der Waals surface area contributed by atoms with Crippen molar-refractivity contribution in [3.8, 4) is 0 Å². The maximum atomic E-state index is 11.5. The molecular formula is C11H22N2O2. The minimum absolute atomic E-state index is 0.191. The summed E-state index contributed by atoms with van der Waals surface area (Å²) >= 11 is 0. The van der Waals surface area contributed by atoms with E-state index < -0.39 is 0 Å². The number of primary amides is 1. The van der Waals surface area contributed by atoms with Crippen molar-refractivity contribution in [1.29, 1.82) is 0 Å². The molecule has 0 saturated carbocycles. The van der Waals surface area contributed by atoms with Crippen LogP contribution in [0.3, 0.4) is 0 Å². The Morgan fingerprint density at radius 1 is 1.13 bits per heavy atom. The fraction of sp³-hybridized carbons (Fsp3) is 0.818. The van der Waals surface area contributed by atoms with Gasteiger partial charge in [-0.3, -0.25) is 9.59 Å². The Bertz CT molecular complexity index is 205. The minimum atomic E-state index is -0.269. The summed E-state index contributed by atoms with van der Waals surface area (Å²) in [6.07, 6.45) is 4.64. The summed E-state index contributed by atoms with van der Waals surface area (Å²) < 4.78 is 0. The maximum Gasteiger partial charge on any atom is 0.222 e. The van der Waals surface area contributed by atoms with Crippen molar-refractivity contribution in [2.45, 2.75) is 45.4 Å². The predicted octanol–water partition coefficient (Wildman–Crippen LogP) is 1.29. The Kier molecular flexibility index (Phi) is 7.68. The Morgan fingerprint density at radius 3 is 2.33 bits per heavy atom. The van der Waals surface area contributed by atoms with Crippen molar-refractivity contribution in [2.24, 2.45) is 5.73 Å². The first-order chi connectivity index (χ1) is 7.07.